The van der Waals surface area contributed by atoms with Gasteiger partial charge in [0.15, 0.2) is 0 Å². The van der Waals surface area contributed by atoms with Crippen LogP contribution in [0.3, 0.4) is 0 Å². The summed E-state index contributed by atoms with van der Waals surface area (Å²) in [5, 5.41) is 5.72. The summed E-state index contributed by atoms with van der Waals surface area (Å²) in [6.07, 6.45) is 4.87. The third-order valence-electron chi connectivity index (χ3n) is 4.38. The van der Waals surface area contributed by atoms with Crippen molar-refractivity contribution in [2.75, 3.05) is 16.8 Å². The molecule has 3 amide bonds. The zero-order chi connectivity index (χ0) is 17.8. The van der Waals surface area contributed by atoms with E-state index in [2.05, 4.69) is 15.6 Å². The Labute approximate surface area is 147 Å². The second-order valence-electron chi connectivity index (χ2n) is 6.20. The number of nitrogens with zero attached hydrogens (tertiary/aromatic N) is 2. The van der Waals surface area contributed by atoms with Gasteiger partial charge in [-0.2, -0.15) is 0 Å². The minimum Gasteiger partial charge on any atom is -0.335 e. The first-order valence-corrected chi connectivity index (χ1v) is 8.51. The fraction of sp³-hybridized carbons (Fsp3) is 0.316. The molecule has 0 bridgehead atoms. The van der Waals surface area contributed by atoms with Crippen molar-refractivity contribution >= 4 is 23.3 Å². The molecule has 2 heterocycles. The molecule has 3 rings (SSSR count). The molecule has 0 spiro atoms. The molecule has 0 radical (unpaired) electrons. The Balaban J connectivity index is 1.72. The zero-order valence-electron chi connectivity index (χ0n) is 14.5. The van der Waals surface area contributed by atoms with E-state index in [1.807, 2.05) is 32.0 Å². The van der Waals surface area contributed by atoms with E-state index in [-0.39, 0.29) is 18.0 Å². The summed E-state index contributed by atoms with van der Waals surface area (Å²) in [7, 11) is 0. The van der Waals surface area contributed by atoms with Crippen molar-refractivity contribution in [3.05, 3.63) is 53.9 Å². The lowest BCUT2D eigenvalue weighted by atomic mass is 10.1. The van der Waals surface area contributed by atoms with Gasteiger partial charge < -0.3 is 15.5 Å². The summed E-state index contributed by atoms with van der Waals surface area (Å²) in [6, 6.07) is 9.08. The number of aromatic nitrogens is 1. The lowest BCUT2D eigenvalue weighted by Gasteiger charge is -2.18. The lowest BCUT2D eigenvalue weighted by molar-refractivity contribution is 0.0989. The monoisotopic (exact) mass is 338 g/mol. The number of urea groups is 1. The van der Waals surface area contributed by atoms with E-state index >= 15 is 0 Å². The summed E-state index contributed by atoms with van der Waals surface area (Å²) in [5.74, 6) is -0.0536. The molecule has 1 aromatic carbocycles. The summed E-state index contributed by atoms with van der Waals surface area (Å²) in [4.78, 5) is 30.3. The molecule has 1 unspecified atom stereocenters. The molecule has 1 aliphatic heterocycles. The van der Waals surface area contributed by atoms with Gasteiger partial charge in [0.1, 0.15) is 0 Å². The Morgan fingerprint density at radius 1 is 1.32 bits per heavy atom. The van der Waals surface area contributed by atoms with Gasteiger partial charge in [-0.1, -0.05) is 6.92 Å². The highest BCUT2D eigenvalue weighted by Gasteiger charge is 2.26. The highest BCUT2D eigenvalue weighted by Crippen LogP contribution is 2.31. The molecule has 2 N–H and O–H groups in total. The number of rotatable bonds is 4. The predicted molar refractivity (Wildman–Crippen MR) is 98.0 cm³/mol. The molecule has 1 atom stereocenters. The Morgan fingerprint density at radius 2 is 2.16 bits per heavy atom. The van der Waals surface area contributed by atoms with Crippen molar-refractivity contribution in [3.8, 4) is 0 Å². The number of carbonyl (C=O) groups is 2. The topological polar surface area (TPSA) is 74.3 Å². The zero-order valence-corrected chi connectivity index (χ0v) is 14.5. The number of benzene rings is 1. The number of pyridine rings is 1. The van der Waals surface area contributed by atoms with Crippen molar-refractivity contribution in [2.24, 2.45) is 0 Å². The molecule has 2 aromatic rings. The van der Waals surface area contributed by atoms with Crippen LogP contribution in [-0.4, -0.2) is 29.5 Å². The maximum Gasteiger partial charge on any atom is 0.319 e. The SMILES string of the molecule is CCC(C)NC(=O)Nc1ccc2c(c1)CCN2C(=O)c1cccnc1. The number of anilines is 2. The van der Waals surface area contributed by atoms with Gasteiger partial charge >= 0.3 is 6.03 Å². The molecule has 0 fully saturated rings. The first kappa shape index (κ1) is 17.0. The fourth-order valence-corrected chi connectivity index (χ4v) is 2.83. The first-order chi connectivity index (χ1) is 12.1. The molecule has 0 saturated carbocycles. The third-order valence-corrected chi connectivity index (χ3v) is 4.38. The average Bonchev–Trinajstić information content (AvgIpc) is 3.04. The second kappa shape index (κ2) is 7.34. The number of nitrogens with one attached hydrogen (secondary N) is 2. The van der Waals surface area contributed by atoms with Gasteiger partial charge in [0.25, 0.3) is 5.91 Å². The molecule has 1 aromatic heterocycles. The van der Waals surface area contributed by atoms with E-state index in [9.17, 15) is 9.59 Å². The van der Waals surface area contributed by atoms with Gasteiger partial charge in [-0.25, -0.2) is 4.79 Å². The van der Waals surface area contributed by atoms with Gasteiger partial charge in [-0.3, -0.25) is 9.78 Å². The van der Waals surface area contributed by atoms with Crippen LogP contribution in [0.25, 0.3) is 0 Å². The largest absolute Gasteiger partial charge is 0.335 e. The number of carbonyl (C=O) groups excluding carboxylic acids is 2. The van der Waals surface area contributed by atoms with Crippen LogP contribution >= 0.6 is 0 Å². The Kier molecular flexibility index (Phi) is 4.97. The number of amides is 3. The first-order valence-electron chi connectivity index (χ1n) is 8.51. The van der Waals surface area contributed by atoms with Crippen LogP contribution in [0.1, 0.15) is 36.2 Å². The summed E-state index contributed by atoms with van der Waals surface area (Å²) in [5.41, 5.74) is 3.25. The van der Waals surface area contributed by atoms with Crippen LogP contribution in [-0.2, 0) is 6.42 Å². The molecule has 0 saturated heterocycles. The molecular weight excluding hydrogens is 316 g/mol. The number of hydrogen-bond donors (Lipinski definition) is 2. The Bertz CT molecular complexity index is 776. The minimum absolute atomic E-state index is 0.0536. The quantitative estimate of drug-likeness (QED) is 0.899. The van der Waals surface area contributed by atoms with E-state index in [1.165, 1.54) is 0 Å². The predicted octanol–water partition coefficient (Wildman–Crippen LogP) is 3.20. The minimum atomic E-state index is -0.212. The molecule has 6 nitrogen and oxygen atoms in total. The van der Waals surface area contributed by atoms with Gasteiger partial charge in [-0.05, 0) is 55.7 Å². The smallest absolute Gasteiger partial charge is 0.319 e. The maximum absolute atomic E-state index is 12.6. The molecule has 130 valence electrons. The van der Waals surface area contributed by atoms with Crippen LogP contribution in [0.5, 0.6) is 0 Å². The summed E-state index contributed by atoms with van der Waals surface area (Å²) in [6.45, 7) is 4.62. The van der Waals surface area contributed by atoms with Crippen molar-refractivity contribution in [1.29, 1.82) is 0 Å². The van der Waals surface area contributed by atoms with Crippen LogP contribution in [0.2, 0.25) is 0 Å². The van der Waals surface area contributed by atoms with E-state index in [0.717, 1.165) is 29.8 Å². The third kappa shape index (κ3) is 3.79. The van der Waals surface area contributed by atoms with Crippen LogP contribution in [0.15, 0.2) is 42.7 Å². The number of fused-ring (bicyclic) bond motifs is 1. The van der Waals surface area contributed by atoms with Crippen molar-refractivity contribution in [1.82, 2.24) is 10.3 Å². The van der Waals surface area contributed by atoms with Crippen molar-refractivity contribution in [3.63, 3.8) is 0 Å². The number of hydrogen-bond acceptors (Lipinski definition) is 3. The van der Waals surface area contributed by atoms with Crippen LogP contribution in [0.4, 0.5) is 16.2 Å². The Morgan fingerprint density at radius 3 is 2.88 bits per heavy atom. The summed E-state index contributed by atoms with van der Waals surface area (Å²) >= 11 is 0. The standard InChI is InChI=1S/C19H22N4O2/c1-3-13(2)21-19(25)22-16-6-7-17-14(11-16)8-10-23(17)18(24)15-5-4-9-20-12-15/h4-7,9,11-13H,3,8,10H2,1-2H3,(H2,21,22,25). The maximum atomic E-state index is 12.6. The van der Waals surface area contributed by atoms with Gasteiger partial charge in [0.05, 0.1) is 5.56 Å². The van der Waals surface area contributed by atoms with Crippen molar-refractivity contribution < 1.29 is 9.59 Å². The van der Waals surface area contributed by atoms with Crippen LogP contribution in [0, 0.1) is 0 Å². The van der Waals surface area contributed by atoms with E-state index in [0.29, 0.717) is 12.1 Å². The van der Waals surface area contributed by atoms with E-state index in [1.54, 1.807) is 29.4 Å². The van der Waals surface area contributed by atoms with Gasteiger partial charge in [0, 0.05) is 36.4 Å². The normalized spacial score (nSPS) is 13.9. The highest BCUT2D eigenvalue weighted by atomic mass is 16.2. The molecule has 25 heavy (non-hydrogen) atoms. The second-order valence-corrected chi connectivity index (χ2v) is 6.20. The van der Waals surface area contributed by atoms with Crippen molar-refractivity contribution in [2.45, 2.75) is 32.7 Å². The van der Waals surface area contributed by atoms with Gasteiger partial charge in [0.2, 0.25) is 0 Å². The molecule has 1 aliphatic rings. The molecular formula is C19H22N4O2. The average molecular weight is 338 g/mol. The fourth-order valence-electron chi connectivity index (χ4n) is 2.83. The molecule has 6 heteroatoms. The highest BCUT2D eigenvalue weighted by molar-refractivity contribution is 6.07. The Hall–Kier alpha value is -2.89. The van der Waals surface area contributed by atoms with E-state index in [4.69, 9.17) is 0 Å². The summed E-state index contributed by atoms with van der Waals surface area (Å²) < 4.78 is 0. The van der Waals surface area contributed by atoms with Crippen LogP contribution < -0.4 is 15.5 Å². The molecule has 0 aliphatic carbocycles. The van der Waals surface area contributed by atoms with Gasteiger partial charge in [-0.15, -0.1) is 0 Å². The van der Waals surface area contributed by atoms with E-state index < -0.39 is 0 Å². The lowest BCUT2D eigenvalue weighted by Crippen LogP contribution is -2.35.